The van der Waals surface area contributed by atoms with Gasteiger partial charge < -0.3 is 5.32 Å². The number of nitrogens with zero attached hydrogens (tertiary/aromatic N) is 2. The number of anilines is 2. The molecule has 2 fully saturated rings. The van der Waals surface area contributed by atoms with Crippen molar-refractivity contribution in [3.63, 3.8) is 0 Å². The monoisotopic (exact) mass is 407 g/mol. The van der Waals surface area contributed by atoms with Crippen LogP contribution in [0.3, 0.4) is 0 Å². The Hall–Kier alpha value is -3.22. The Bertz CT molecular complexity index is 1000. The van der Waals surface area contributed by atoms with E-state index >= 15 is 0 Å². The average molecular weight is 407 g/mol. The van der Waals surface area contributed by atoms with E-state index in [1.54, 1.807) is 12.1 Å². The summed E-state index contributed by atoms with van der Waals surface area (Å²) >= 11 is 0. The maximum absolute atomic E-state index is 12.9. The number of aryl methyl sites for hydroxylation is 1. The molecule has 0 spiro atoms. The first-order valence-corrected chi connectivity index (χ1v) is 10.3. The summed E-state index contributed by atoms with van der Waals surface area (Å²) in [7, 11) is 0. The van der Waals surface area contributed by atoms with E-state index in [1.165, 1.54) is 6.07 Å². The molecule has 1 N–H and O–H groups in total. The maximum Gasteiger partial charge on any atom is 0.294 e. The summed E-state index contributed by atoms with van der Waals surface area (Å²) in [5.74, 6) is -0.657. The molecule has 1 saturated heterocycles. The van der Waals surface area contributed by atoms with Crippen LogP contribution in [0, 0.1) is 34.8 Å². The standard InChI is InChI=1S/C23H25N3O4/c1-14-3-6-16(7-4-14)13-24-20-10-8-17(12-21(20)26(29)30)25-22(27)18-9-5-15(2)11-19(18)23(25)28/h3-4,6-8,10,12,15,18-19,24H,5,9,11,13H2,1-2H3/t15-,18-,19-/m1/s1. The largest absolute Gasteiger partial charge is 0.375 e. The van der Waals surface area contributed by atoms with E-state index in [2.05, 4.69) is 12.2 Å². The van der Waals surface area contributed by atoms with Crippen molar-refractivity contribution in [2.45, 2.75) is 39.7 Å². The van der Waals surface area contributed by atoms with Gasteiger partial charge >= 0.3 is 0 Å². The second-order valence-electron chi connectivity index (χ2n) is 8.44. The van der Waals surface area contributed by atoms with Crippen molar-refractivity contribution in [3.8, 4) is 0 Å². The topological polar surface area (TPSA) is 92.6 Å². The Kier molecular flexibility index (Phi) is 5.28. The lowest BCUT2D eigenvalue weighted by molar-refractivity contribution is -0.383. The molecule has 2 amide bonds. The van der Waals surface area contributed by atoms with Crippen LogP contribution in [0.2, 0.25) is 0 Å². The Balaban J connectivity index is 1.58. The summed E-state index contributed by atoms with van der Waals surface area (Å²) in [6.45, 7) is 4.53. The van der Waals surface area contributed by atoms with Gasteiger partial charge in [-0.05, 0) is 49.8 Å². The minimum absolute atomic E-state index is 0.150. The van der Waals surface area contributed by atoms with Crippen LogP contribution in [0.25, 0.3) is 0 Å². The van der Waals surface area contributed by atoms with Gasteiger partial charge in [0.05, 0.1) is 22.4 Å². The Labute approximate surface area is 175 Å². The first-order chi connectivity index (χ1) is 14.3. The molecule has 4 rings (SSSR count). The Morgan fingerprint density at radius 2 is 1.77 bits per heavy atom. The molecule has 30 heavy (non-hydrogen) atoms. The summed E-state index contributed by atoms with van der Waals surface area (Å²) < 4.78 is 0. The zero-order valence-electron chi connectivity index (χ0n) is 17.1. The Morgan fingerprint density at radius 3 is 2.47 bits per heavy atom. The zero-order chi connectivity index (χ0) is 21.4. The molecule has 0 bridgehead atoms. The van der Waals surface area contributed by atoms with Crippen LogP contribution in [-0.4, -0.2) is 16.7 Å². The molecule has 1 heterocycles. The number of benzene rings is 2. The maximum atomic E-state index is 12.9. The van der Waals surface area contributed by atoms with Crippen LogP contribution in [0.4, 0.5) is 17.1 Å². The Morgan fingerprint density at radius 1 is 1.07 bits per heavy atom. The molecule has 1 aliphatic heterocycles. The number of hydrogen-bond donors (Lipinski definition) is 1. The normalized spacial score (nSPS) is 23.4. The number of rotatable bonds is 5. The lowest BCUT2D eigenvalue weighted by Gasteiger charge is -2.25. The number of carbonyl (C=O) groups is 2. The van der Waals surface area contributed by atoms with Gasteiger partial charge in [0, 0.05) is 12.6 Å². The van der Waals surface area contributed by atoms with Crippen LogP contribution >= 0.6 is 0 Å². The van der Waals surface area contributed by atoms with Gasteiger partial charge in [-0.3, -0.25) is 19.7 Å². The van der Waals surface area contributed by atoms with E-state index in [1.807, 2.05) is 31.2 Å². The number of fused-ring (bicyclic) bond motifs is 1. The van der Waals surface area contributed by atoms with Gasteiger partial charge in [0.15, 0.2) is 0 Å². The van der Waals surface area contributed by atoms with Gasteiger partial charge in [0.2, 0.25) is 11.8 Å². The van der Waals surface area contributed by atoms with Crippen molar-refractivity contribution < 1.29 is 14.5 Å². The number of nitro groups is 1. The van der Waals surface area contributed by atoms with Crippen LogP contribution in [0.5, 0.6) is 0 Å². The highest BCUT2D eigenvalue weighted by Crippen LogP contribution is 2.43. The fraction of sp³-hybridized carbons (Fsp3) is 0.391. The van der Waals surface area contributed by atoms with Crippen LogP contribution in [0.15, 0.2) is 42.5 Å². The highest BCUT2D eigenvalue weighted by atomic mass is 16.6. The minimum Gasteiger partial charge on any atom is -0.375 e. The molecule has 156 valence electrons. The summed E-state index contributed by atoms with van der Waals surface area (Å²) in [6, 6.07) is 12.4. The quantitative estimate of drug-likeness (QED) is 0.449. The molecule has 1 aliphatic carbocycles. The van der Waals surface area contributed by atoms with E-state index < -0.39 is 4.92 Å². The van der Waals surface area contributed by atoms with Crippen molar-refractivity contribution in [1.82, 2.24) is 0 Å². The van der Waals surface area contributed by atoms with Crippen LogP contribution in [-0.2, 0) is 16.1 Å². The van der Waals surface area contributed by atoms with Crippen molar-refractivity contribution in [3.05, 3.63) is 63.7 Å². The number of amides is 2. The van der Waals surface area contributed by atoms with Gasteiger partial charge in [-0.1, -0.05) is 36.8 Å². The van der Waals surface area contributed by atoms with Gasteiger partial charge in [0.25, 0.3) is 5.69 Å². The molecule has 2 aromatic rings. The highest BCUT2D eigenvalue weighted by Gasteiger charge is 2.50. The summed E-state index contributed by atoms with van der Waals surface area (Å²) in [5.41, 5.74) is 2.63. The predicted octanol–water partition coefficient (Wildman–Crippen LogP) is 4.44. The minimum atomic E-state index is -0.485. The van der Waals surface area contributed by atoms with Gasteiger partial charge in [-0.25, -0.2) is 4.90 Å². The summed E-state index contributed by atoms with van der Waals surface area (Å²) in [5, 5.41) is 14.8. The molecule has 7 nitrogen and oxygen atoms in total. The molecule has 0 radical (unpaired) electrons. The average Bonchev–Trinajstić information content (AvgIpc) is 2.97. The second-order valence-corrected chi connectivity index (χ2v) is 8.44. The number of hydrogen-bond acceptors (Lipinski definition) is 5. The van der Waals surface area contributed by atoms with E-state index in [-0.39, 0.29) is 35.0 Å². The lowest BCUT2D eigenvalue weighted by Crippen LogP contribution is -2.30. The van der Waals surface area contributed by atoms with Crippen LogP contribution in [0.1, 0.15) is 37.3 Å². The molecule has 0 aromatic heterocycles. The molecule has 7 heteroatoms. The predicted molar refractivity (Wildman–Crippen MR) is 114 cm³/mol. The fourth-order valence-corrected chi connectivity index (χ4v) is 4.51. The molecular formula is C23H25N3O4. The SMILES string of the molecule is Cc1ccc(CNc2ccc(N3C(=O)[C@@H]4CC[C@@H](C)C[C@H]4C3=O)cc2[N+](=O)[O-])cc1. The molecule has 3 atom stereocenters. The molecular weight excluding hydrogens is 382 g/mol. The van der Waals surface area contributed by atoms with E-state index in [0.717, 1.165) is 22.4 Å². The van der Waals surface area contributed by atoms with E-state index in [4.69, 9.17) is 0 Å². The first kappa shape index (κ1) is 20.1. The van der Waals surface area contributed by atoms with Crippen molar-refractivity contribution in [2.24, 2.45) is 17.8 Å². The van der Waals surface area contributed by atoms with Gasteiger partial charge in [0.1, 0.15) is 5.69 Å². The summed E-state index contributed by atoms with van der Waals surface area (Å²) in [4.78, 5) is 38.2. The molecule has 2 aromatic carbocycles. The molecule has 2 aliphatic rings. The first-order valence-electron chi connectivity index (χ1n) is 10.3. The third kappa shape index (κ3) is 3.67. The number of nitrogens with one attached hydrogen (secondary N) is 1. The number of carbonyl (C=O) groups excluding carboxylic acids is 2. The van der Waals surface area contributed by atoms with E-state index in [9.17, 15) is 19.7 Å². The van der Waals surface area contributed by atoms with Gasteiger partial charge in [-0.15, -0.1) is 0 Å². The fourth-order valence-electron chi connectivity index (χ4n) is 4.51. The number of nitro benzene ring substituents is 1. The van der Waals surface area contributed by atoms with Crippen LogP contribution < -0.4 is 10.2 Å². The third-order valence-electron chi connectivity index (χ3n) is 6.23. The highest BCUT2D eigenvalue weighted by molar-refractivity contribution is 6.22. The second kappa shape index (κ2) is 7.89. The number of imide groups is 1. The van der Waals surface area contributed by atoms with Crippen molar-refractivity contribution >= 4 is 28.9 Å². The van der Waals surface area contributed by atoms with Crippen molar-refractivity contribution in [2.75, 3.05) is 10.2 Å². The van der Waals surface area contributed by atoms with Crippen molar-refractivity contribution in [1.29, 1.82) is 0 Å². The third-order valence-corrected chi connectivity index (χ3v) is 6.23. The smallest absolute Gasteiger partial charge is 0.294 e. The lowest BCUT2D eigenvalue weighted by atomic mass is 9.76. The summed E-state index contributed by atoms with van der Waals surface area (Å²) in [6.07, 6.45) is 2.32. The zero-order valence-corrected chi connectivity index (χ0v) is 17.1. The molecule has 0 unspecified atom stereocenters. The molecule has 1 saturated carbocycles. The van der Waals surface area contributed by atoms with Gasteiger partial charge in [-0.2, -0.15) is 0 Å². The van der Waals surface area contributed by atoms with E-state index in [0.29, 0.717) is 31.0 Å².